The van der Waals surface area contributed by atoms with E-state index < -0.39 is 18.2 Å². The van der Waals surface area contributed by atoms with E-state index in [0.717, 1.165) is 10.8 Å². The highest BCUT2D eigenvalue weighted by molar-refractivity contribution is 6.01. The first-order valence-corrected chi connectivity index (χ1v) is 9.29. The van der Waals surface area contributed by atoms with E-state index in [0.29, 0.717) is 10.8 Å². The Kier molecular flexibility index (Phi) is 4.98. The molecular formula is C24H18O6. The number of ether oxygens (including phenoxy) is 2. The topological polar surface area (TPSA) is 93.1 Å². The van der Waals surface area contributed by atoms with Crippen molar-refractivity contribution < 1.29 is 29.3 Å². The van der Waals surface area contributed by atoms with E-state index in [1.165, 1.54) is 12.1 Å². The predicted octanol–water partition coefficient (Wildman–Crippen LogP) is 5.19. The summed E-state index contributed by atoms with van der Waals surface area (Å²) in [5.41, 5.74) is 0.000977. The molecule has 2 N–H and O–H groups in total. The van der Waals surface area contributed by atoms with Gasteiger partial charge in [0.25, 0.3) is 0 Å². The molecule has 0 spiro atoms. The third-order valence-electron chi connectivity index (χ3n) is 4.79. The lowest BCUT2D eigenvalue weighted by molar-refractivity contribution is 0.0221. The summed E-state index contributed by atoms with van der Waals surface area (Å²) in [7, 11) is 0. The van der Waals surface area contributed by atoms with E-state index in [1.807, 2.05) is 24.3 Å². The number of fused-ring (bicyclic) bond motifs is 2. The molecule has 30 heavy (non-hydrogen) atoms. The fourth-order valence-corrected chi connectivity index (χ4v) is 3.43. The van der Waals surface area contributed by atoms with Crippen LogP contribution in [0.3, 0.4) is 0 Å². The number of carbonyl (C=O) groups is 2. The third-order valence-corrected chi connectivity index (χ3v) is 4.79. The van der Waals surface area contributed by atoms with Gasteiger partial charge in [-0.25, -0.2) is 9.59 Å². The largest absolute Gasteiger partial charge is 0.478 e. The highest BCUT2D eigenvalue weighted by atomic mass is 16.7. The van der Waals surface area contributed by atoms with Crippen LogP contribution in [0.25, 0.3) is 21.5 Å². The molecule has 0 unspecified atom stereocenters. The lowest BCUT2D eigenvalue weighted by Gasteiger charge is -2.21. The van der Waals surface area contributed by atoms with Crippen LogP contribution in [0.2, 0.25) is 0 Å². The van der Waals surface area contributed by atoms with Crippen LogP contribution in [0, 0.1) is 0 Å². The van der Waals surface area contributed by atoms with E-state index in [2.05, 4.69) is 0 Å². The lowest BCUT2D eigenvalue weighted by atomic mass is 10.1. The van der Waals surface area contributed by atoms with E-state index in [9.17, 15) is 19.8 Å². The van der Waals surface area contributed by atoms with E-state index in [4.69, 9.17) is 9.47 Å². The molecule has 0 fully saturated rings. The minimum Gasteiger partial charge on any atom is -0.478 e. The first-order chi connectivity index (χ1) is 14.5. The van der Waals surface area contributed by atoms with E-state index >= 15 is 0 Å². The molecule has 0 saturated carbocycles. The van der Waals surface area contributed by atoms with Gasteiger partial charge in [0.05, 0.1) is 0 Å². The van der Waals surface area contributed by atoms with Crippen molar-refractivity contribution in [3.8, 4) is 11.5 Å². The van der Waals surface area contributed by atoms with E-state index in [-0.39, 0.29) is 22.6 Å². The minimum absolute atomic E-state index is 0.000489. The Morgan fingerprint density at radius 2 is 1.07 bits per heavy atom. The van der Waals surface area contributed by atoms with Gasteiger partial charge < -0.3 is 19.7 Å². The van der Waals surface area contributed by atoms with Gasteiger partial charge in [-0.15, -0.1) is 0 Å². The highest BCUT2D eigenvalue weighted by Gasteiger charge is 2.21. The van der Waals surface area contributed by atoms with Gasteiger partial charge in [0.1, 0.15) is 22.6 Å². The van der Waals surface area contributed by atoms with Gasteiger partial charge in [-0.3, -0.25) is 0 Å². The number of rotatable bonds is 6. The van der Waals surface area contributed by atoms with Gasteiger partial charge in [0.2, 0.25) is 6.29 Å². The van der Waals surface area contributed by atoms with Crippen molar-refractivity contribution in [3.63, 3.8) is 0 Å². The summed E-state index contributed by atoms with van der Waals surface area (Å²) in [5, 5.41) is 22.1. The molecular weight excluding hydrogens is 384 g/mol. The van der Waals surface area contributed by atoms with Crippen LogP contribution < -0.4 is 9.47 Å². The summed E-state index contributed by atoms with van der Waals surface area (Å²) in [6.07, 6.45) is -0.946. The average molecular weight is 402 g/mol. The Morgan fingerprint density at radius 1 is 0.667 bits per heavy atom. The number of benzene rings is 4. The van der Waals surface area contributed by atoms with Crippen molar-refractivity contribution in [2.24, 2.45) is 0 Å². The molecule has 0 aliphatic heterocycles. The summed E-state index contributed by atoms with van der Waals surface area (Å²) < 4.78 is 11.8. The van der Waals surface area contributed by atoms with Crippen LogP contribution in [0.5, 0.6) is 11.5 Å². The van der Waals surface area contributed by atoms with Gasteiger partial charge in [0.15, 0.2) is 0 Å². The quantitative estimate of drug-likeness (QED) is 0.431. The zero-order valence-corrected chi connectivity index (χ0v) is 16.0. The van der Waals surface area contributed by atoms with Gasteiger partial charge >= 0.3 is 11.9 Å². The molecule has 0 amide bonds. The second-order valence-corrected chi connectivity index (χ2v) is 6.74. The number of aromatic carboxylic acids is 2. The Hall–Kier alpha value is -4.06. The van der Waals surface area contributed by atoms with Crippen molar-refractivity contribution in [3.05, 3.63) is 83.9 Å². The normalized spacial score (nSPS) is 11.0. The van der Waals surface area contributed by atoms with Crippen LogP contribution in [0.1, 0.15) is 27.6 Å². The molecule has 6 heteroatoms. The molecule has 4 aromatic rings. The van der Waals surface area contributed by atoms with Gasteiger partial charge in [-0.2, -0.15) is 0 Å². The maximum absolute atomic E-state index is 11.7. The third kappa shape index (κ3) is 3.51. The average Bonchev–Trinajstić information content (AvgIpc) is 2.73. The Balaban J connectivity index is 1.76. The predicted molar refractivity (Wildman–Crippen MR) is 113 cm³/mol. The van der Waals surface area contributed by atoms with Crippen molar-refractivity contribution in [2.45, 2.75) is 13.2 Å². The van der Waals surface area contributed by atoms with E-state index in [1.54, 1.807) is 43.3 Å². The highest BCUT2D eigenvalue weighted by Crippen LogP contribution is 2.34. The van der Waals surface area contributed by atoms with Gasteiger partial charge in [0, 0.05) is 17.7 Å². The molecule has 150 valence electrons. The molecule has 0 heterocycles. The van der Waals surface area contributed by atoms with Crippen LogP contribution in [0.15, 0.2) is 72.8 Å². The van der Waals surface area contributed by atoms with Crippen LogP contribution >= 0.6 is 0 Å². The molecule has 0 bridgehead atoms. The molecule has 4 rings (SSSR count). The van der Waals surface area contributed by atoms with Crippen molar-refractivity contribution in [1.29, 1.82) is 0 Å². The standard InChI is InChI=1S/C24H18O6/c1-14(29-21-17-8-4-2-6-15(17)10-12-19(21)23(25)26)30-22-18-9-5-3-7-16(18)11-13-20(22)24(27)28/h2-14H,1H3,(H,25,26)(H,27,28). The monoisotopic (exact) mass is 402 g/mol. The Labute approximate surface area is 171 Å². The Bertz CT molecular complexity index is 1180. The molecule has 6 nitrogen and oxygen atoms in total. The first-order valence-electron chi connectivity index (χ1n) is 9.29. The zero-order chi connectivity index (χ0) is 21.3. The molecule has 4 aromatic carbocycles. The summed E-state index contributed by atoms with van der Waals surface area (Å²) >= 11 is 0. The summed E-state index contributed by atoms with van der Waals surface area (Å²) in [4.78, 5) is 23.4. The molecule has 0 radical (unpaired) electrons. The summed E-state index contributed by atoms with van der Waals surface area (Å²) in [6.45, 7) is 1.60. The van der Waals surface area contributed by atoms with Gasteiger partial charge in [-0.1, -0.05) is 60.7 Å². The number of hydrogen-bond acceptors (Lipinski definition) is 4. The SMILES string of the molecule is CC(Oc1c(C(=O)O)ccc2ccccc12)Oc1c(C(=O)O)ccc2ccccc12. The fraction of sp³-hybridized carbons (Fsp3) is 0.0833. The molecule has 0 atom stereocenters. The Morgan fingerprint density at radius 3 is 1.47 bits per heavy atom. The lowest BCUT2D eigenvalue weighted by Crippen LogP contribution is -2.22. The maximum atomic E-state index is 11.7. The smallest absolute Gasteiger partial charge is 0.339 e. The van der Waals surface area contributed by atoms with Crippen LogP contribution in [-0.4, -0.2) is 28.4 Å². The molecule has 0 saturated heterocycles. The van der Waals surface area contributed by atoms with Crippen LogP contribution in [-0.2, 0) is 0 Å². The second kappa shape index (κ2) is 7.75. The minimum atomic E-state index is -1.13. The number of hydrogen-bond donors (Lipinski definition) is 2. The summed E-state index contributed by atoms with van der Waals surface area (Å²) in [6, 6.07) is 20.9. The van der Waals surface area contributed by atoms with Crippen molar-refractivity contribution >= 4 is 33.5 Å². The van der Waals surface area contributed by atoms with Crippen molar-refractivity contribution in [2.75, 3.05) is 0 Å². The van der Waals surface area contributed by atoms with Crippen molar-refractivity contribution in [1.82, 2.24) is 0 Å². The maximum Gasteiger partial charge on any atom is 0.339 e. The number of carboxylic acid groups (broad SMARTS) is 2. The first kappa shape index (κ1) is 19.3. The fourth-order valence-electron chi connectivity index (χ4n) is 3.43. The number of carboxylic acids is 2. The zero-order valence-electron chi connectivity index (χ0n) is 16.0. The molecule has 0 aromatic heterocycles. The summed E-state index contributed by atoms with van der Waals surface area (Å²) in [5.74, 6) is -1.91. The second-order valence-electron chi connectivity index (χ2n) is 6.74. The van der Waals surface area contributed by atoms with Crippen LogP contribution in [0.4, 0.5) is 0 Å². The molecule has 0 aliphatic rings. The van der Waals surface area contributed by atoms with Gasteiger partial charge in [-0.05, 0) is 22.9 Å². The molecule has 0 aliphatic carbocycles.